The van der Waals surface area contributed by atoms with Gasteiger partial charge in [0.15, 0.2) is 0 Å². The Morgan fingerprint density at radius 1 is 1.24 bits per heavy atom. The largest absolute Gasteiger partial charge is 0.396 e. The summed E-state index contributed by atoms with van der Waals surface area (Å²) in [6, 6.07) is 8.99. The number of hydrogen-bond donors (Lipinski definition) is 2. The lowest BCUT2D eigenvalue weighted by Crippen LogP contribution is -3.12. The lowest BCUT2D eigenvalue weighted by atomic mass is 9.98. The normalized spacial score (nSPS) is 24.8. The van der Waals surface area contributed by atoms with E-state index in [4.69, 9.17) is 0 Å². The zero-order valence-corrected chi connectivity index (χ0v) is 10.8. The maximum Gasteiger partial charge on any atom is 0.103 e. The number of rotatable bonds is 4. The molecule has 1 fully saturated rings. The third-order valence-electron chi connectivity index (χ3n) is 3.86. The van der Waals surface area contributed by atoms with Crippen molar-refractivity contribution in [3.8, 4) is 0 Å². The highest BCUT2D eigenvalue weighted by molar-refractivity contribution is 5.21. The van der Waals surface area contributed by atoms with Gasteiger partial charge in [0, 0.05) is 11.5 Å². The van der Waals surface area contributed by atoms with Gasteiger partial charge >= 0.3 is 0 Å². The van der Waals surface area contributed by atoms with Crippen molar-refractivity contribution in [3.05, 3.63) is 35.4 Å². The van der Waals surface area contributed by atoms with Crippen LogP contribution in [0.25, 0.3) is 0 Å². The molecule has 0 saturated carbocycles. The summed E-state index contributed by atoms with van der Waals surface area (Å²) in [5.41, 5.74) is 2.84. The summed E-state index contributed by atoms with van der Waals surface area (Å²) in [6.45, 7) is 6.05. The van der Waals surface area contributed by atoms with Gasteiger partial charge in [-0.3, -0.25) is 0 Å². The molecule has 17 heavy (non-hydrogen) atoms. The molecule has 1 aliphatic heterocycles. The van der Waals surface area contributed by atoms with Gasteiger partial charge in [0.1, 0.15) is 6.54 Å². The molecule has 0 radical (unpaired) electrons. The summed E-state index contributed by atoms with van der Waals surface area (Å²) in [5.74, 6) is 0.522. The Balaban J connectivity index is 1.90. The van der Waals surface area contributed by atoms with Crippen LogP contribution >= 0.6 is 0 Å². The lowest BCUT2D eigenvalue weighted by Gasteiger charge is -2.28. The number of nitrogens with one attached hydrogen (secondary N) is 1. The number of quaternary nitrogens is 1. The van der Waals surface area contributed by atoms with Crippen LogP contribution in [-0.2, 0) is 13.0 Å². The number of piperidine rings is 1. The third-order valence-corrected chi connectivity index (χ3v) is 3.86. The summed E-state index contributed by atoms with van der Waals surface area (Å²) in [4.78, 5) is 1.62. The van der Waals surface area contributed by atoms with E-state index in [0.29, 0.717) is 12.5 Å². The first kappa shape index (κ1) is 12.6. The van der Waals surface area contributed by atoms with Crippen molar-refractivity contribution in [2.24, 2.45) is 5.92 Å². The van der Waals surface area contributed by atoms with Gasteiger partial charge in [-0.1, -0.05) is 31.2 Å². The maximum absolute atomic E-state index is 9.23. The van der Waals surface area contributed by atoms with Crippen LogP contribution in [0.4, 0.5) is 0 Å². The average Bonchev–Trinajstić information content (AvgIpc) is 2.40. The van der Waals surface area contributed by atoms with Crippen LogP contribution in [-0.4, -0.2) is 24.8 Å². The van der Waals surface area contributed by atoms with Crippen LogP contribution in [0.3, 0.4) is 0 Å². The summed E-state index contributed by atoms with van der Waals surface area (Å²) in [7, 11) is 0. The zero-order chi connectivity index (χ0) is 12.1. The summed E-state index contributed by atoms with van der Waals surface area (Å²) >= 11 is 0. The van der Waals surface area contributed by atoms with E-state index < -0.39 is 0 Å². The summed E-state index contributed by atoms with van der Waals surface area (Å²) in [6.07, 6.45) is 3.58. The van der Waals surface area contributed by atoms with Crippen molar-refractivity contribution >= 4 is 0 Å². The van der Waals surface area contributed by atoms with E-state index >= 15 is 0 Å². The third kappa shape index (κ3) is 3.55. The monoisotopic (exact) mass is 234 g/mol. The lowest BCUT2D eigenvalue weighted by molar-refractivity contribution is -0.922. The second kappa shape index (κ2) is 6.18. The quantitative estimate of drug-likeness (QED) is 0.799. The van der Waals surface area contributed by atoms with Gasteiger partial charge in [-0.2, -0.15) is 0 Å². The van der Waals surface area contributed by atoms with Gasteiger partial charge in [-0.25, -0.2) is 0 Å². The molecular formula is C15H24NO+. The van der Waals surface area contributed by atoms with Gasteiger partial charge in [0.05, 0.1) is 19.7 Å². The first-order valence-electron chi connectivity index (χ1n) is 6.84. The van der Waals surface area contributed by atoms with Crippen molar-refractivity contribution in [1.82, 2.24) is 0 Å². The standard InChI is InChI=1S/C15H23NO/c1-2-13-5-7-14(8-6-13)10-16-9-3-4-15(11-16)12-17/h5-8,15,17H,2-4,9-12H2,1H3/p+1/t15-/m0/s1. The molecule has 1 aromatic rings. The molecule has 0 bridgehead atoms. The molecule has 2 N–H and O–H groups in total. The highest BCUT2D eigenvalue weighted by atomic mass is 16.3. The molecular weight excluding hydrogens is 210 g/mol. The highest BCUT2D eigenvalue weighted by Crippen LogP contribution is 2.08. The molecule has 2 atom stereocenters. The molecule has 1 aliphatic rings. The second-order valence-electron chi connectivity index (χ2n) is 5.24. The molecule has 1 saturated heterocycles. The molecule has 1 heterocycles. The number of benzene rings is 1. The van der Waals surface area contributed by atoms with Gasteiger partial charge < -0.3 is 10.0 Å². The van der Waals surface area contributed by atoms with Crippen LogP contribution in [0, 0.1) is 5.92 Å². The maximum atomic E-state index is 9.23. The minimum Gasteiger partial charge on any atom is -0.396 e. The minimum atomic E-state index is 0.359. The van der Waals surface area contributed by atoms with Crippen LogP contribution in [0.5, 0.6) is 0 Å². The fraction of sp³-hybridized carbons (Fsp3) is 0.600. The van der Waals surface area contributed by atoms with Gasteiger partial charge in [-0.15, -0.1) is 0 Å². The second-order valence-corrected chi connectivity index (χ2v) is 5.24. The van der Waals surface area contributed by atoms with Gasteiger partial charge in [0.25, 0.3) is 0 Å². The number of hydrogen-bond acceptors (Lipinski definition) is 1. The number of likely N-dealkylation sites (tertiary alicyclic amines) is 1. The Labute approximate surface area is 104 Å². The Hall–Kier alpha value is -0.860. The summed E-state index contributed by atoms with van der Waals surface area (Å²) in [5, 5.41) is 9.23. The fourth-order valence-corrected chi connectivity index (χ4v) is 2.75. The van der Waals surface area contributed by atoms with Crippen molar-refractivity contribution in [3.63, 3.8) is 0 Å². The number of aliphatic hydroxyl groups excluding tert-OH is 1. The van der Waals surface area contributed by atoms with E-state index in [1.54, 1.807) is 4.90 Å². The Morgan fingerprint density at radius 3 is 2.59 bits per heavy atom. The molecule has 94 valence electrons. The van der Waals surface area contributed by atoms with Crippen molar-refractivity contribution in [2.45, 2.75) is 32.7 Å². The Kier molecular flexibility index (Phi) is 4.57. The van der Waals surface area contributed by atoms with Crippen LogP contribution in [0.15, 0.2) is 24.3 Å². The highest BCUT2D eigenvalue weighted by Gasteiger charge is 2.22. The number of aliphatic hydroxyl groups is 1. The molecule has 2 rings (SSSR count). The minimum absolute atomic E-state index is 0.359. The van der Waals surface area contributed by atoms with Gasteiger partial charge in [0.2, 0.25) is 0 Å². The summed E-state index contributed by atoms with van der Waals surface area (Å²) < 4.78 is 0. The van der Waals surface area contributed by atoms with Crippen molar-refractivity contribution in [1.29, 1.82) is 0 Å². The molecule has 1 aromatic carbocycles. The van der Waals surface area contributed by atoms with E-state index in [0.717, 1.165) is 19.5 Å². The molecule has 0 spiro atoms. The van der Waals surface area contributed by atoms with E-state index in [9.17, 15) is 5.11 Å². The molecule has 2 heteroatoms. The molecule has 0 aliphatic carbocycles. The average molecular weight is 234 g/mol. The van der Waals surface area contributed by atoms with Crippen LogP contribution < -0.4 is 4.90 Å². The van der Waals surface area contributed by atoms with E-state index in [1.807, 2.05) is 0 Å². The van der Waals surface area contributed by atoms with E-state index in [2.05, 4.69) is 31.2 Å². The molecule has 2 nitrogen and oxygen atoms in total. The predicted molar refractivity (Wildman–Crippen MR) is 70.0 cm³/mol. The first-order chi connectivity index (χ1) is 8.31. The fourth-order valence-electron chi connectivity index (χ4n) is 2.75. The SMILES string of the molecule is CCc1ccc(C[NH+]2CCC[C@H](CO)C2)cc1. The van der Waals surface area contributed by atoms with Crippen molar-refractivity contribution < 1.29 is 10.0 Å². The van der Waals surface area contributed by atoms with Crippen LogP contribution in [0.2, 0.25) is 0 Å². The predicted octanol–water partition coefficient (Wildman–Crippen LogP) is 1.04. The molecule has 0 aromatic heterocycles. The molecule has 1 unspecified atom stereocenters. The smallest absolute Gasteiger partial charge is 0.103 e. The zero-order valence-electron chi connectivity index (χ0n) is 10.8. The van der Waals surface area contributed by atoms with Crippen LogP contribution in [0.1, 0.15) is 30.9 Å². The van der Waals surface area contributed by atoms with Crippen molar-refractivity contribution in [2.75, 3.05) is 19.7 Å². The Bertz CT molecular complexity index is 333. The molecule has 0 amide bonds. The Morgan fingerprint density at radius 2 is 1.94 bits per heavy atom. The number of aryl methyl sites for hydroxylation is 1. The van der Waals surface area contributed by atoms with E-state index in [-0.39, 0.29) is 0 Å². The van der Waals surface area contributed by atoms with E-state index in [1.165, 1.54) is 30.5 Å². The topological polar surface area (TPSA) is 24.7 Å². The first-order valence-corrected chi connectivity index (χ1v) is 6.84. The van der Waals surface area contributed by atoms with Gasteiger partial charge in [-0.05, 0) is 24.8 Å².